The van der Waals surface area contributed by atoms with Gasteiger partial charge in [0.1, 0.15) is 0 Å². The van der Waals surface area contributed by atoms with E-state index in [0.717, 1.165) is 0 Å². The van der Waals surface area contributed by atoms with Crippen LogP contribution in [0.1, 0.15) is 22.6 Å². The van der Waals surface area contributed by atoms with Crippen molar-refractivity contribution in [3.8, 4) is 11.1 Å². The van der Waals surface area contributed by atoms with E-state index in [0.29, 0.717) is 5.92 Å². The molecule has 0 fully saturated rings. The lowest BCUT2D eigenvalue weighted by Crippen LogP contribution is -1.92. The summed E-state index contributed by atoms with van der Waals surface area (Å²) in [5.74, 6) is 0.411. The van der Waals surface area contributed by atoms with Crippen LogP contribution in [-0.2, 0) is 0 Å². The maximum Gasteiger partial charge on any atom is 0.0279 e. The molecule has 1 atom stereocenters. The molecular weight excluding hydrogens is 228 g/mol. The first kappa shape index (κ1) is 10.6. The Hall–Kier alpha value is -2.34. The summed E-state index contributed by atoms with van der Waals surface area (Å²) in [5.41, 5.74) is 6.79. The van der Waals surface area contributed by atoms with Gasteiger partial charge in [0.2, 0.25) is 0 Å². The van der Waals surface area contributed by atoms with Gasteiger partial charge in [-0.05, 0) is 27.8 Å². The fourth-order valence-corrected chi connectivity index (χ4v) is 2.96. The van der Waals surface area contributed by atoms with Crippen LogP contribution in [0, 0.1) is 0 Å². The van der Waals surface area contributed by atoms with Crippen molar-refractivity contribution in [3.63, 3.8) is 0 Å². The van der Waals surface area contributed by atoms with Gasteiger partial charge in [0, 0.05) is 5.92 Å². The minimum atomic E-state index is 0.411. The third-order valence-corrected chi connectivity index (χ3v) is 3.91. The Balaban J connectivity index is 1.85. The summed E-state index contributed by atoms with van der Waals surface area (Å²) < 4.78 is 0. The monoisotopic (exact) mass is 242 g/mol. The van der Waals surface area contributed by atoms with Crippen LogP contribution >= 0.6 is 0 Å². The predicted octanol–water partition coefficient (Wildman–Crippen LogP) is 4.95. The lowest BCUT2D eigenvalue weighted by atomic mass is 9.95. The molecule has 0 aliphatic heterocycles. The Morgan fingerprint density at radius 3 is 2.16 bits per heavy atom. The predicted molar refractivity (Wildman–Crippen MR) is 80.4 cm³/mol. The third-order valence-electron chi connectivity index (χ3n) is 3.91. The van der Waals surface area contributed by atoms with Gasteiger partial charge in [-0.15, -0.1) is 0 Å². The SMILES string of the molecule is C1=CC(c2cc3cccccc-3c2)c2ccccc21. The molecule has 90 valence electrons. The number of fused-ring (bicyclic) bond motifs is 2. The van der Waals surface area contributed by atoms with Crippen LogP contribution in [0.2, 0.25) is 0 Å². The van der Waals surface area contributed by atoms with Crippen molar-refractivity contribution in [1.82, 2.24) is 0 Å². The van der Waals surface area contributed by atoms with Crippen LogP contribution in [0.25, 0.3) is 17.2 Å². The highest BCUT2D eigenvalue weighted by Crippen LogP contribution is 2.38. The molecule has 3 aliphatic carbocycles. The maximum absolute atomic E-state index is 2.31. The van der Waals surface area contributed by atoms with Crippen LogP contribution in [0.15, 0.2) is 72.8 Å². The van der Waals surface area contributed by atoms with Crippen molar-refractivity contribution in [2.24, 2.45) is 0 Å². The molecule has 1 aromatic carbocycles. The minimum absolute atomic E-state index is 0.411. The largest absolute Gasteiger partial charge is 0.0720 e. The van der Waals surface area contributed by atoms with Gasteiger partial charge < -0.3 is 0 Å². The van der Waals surface area contributed by atoms with Gasteiger partial charge in [0.15, 0.2) is 0 Å². The average Bonchev–Trinajstić information content (AvgIpc) is 2.97. The molecule has 0 bridgehead atoms. The molecule has 3 aliphatic rings. The second-order valence-electron chi connectivity index (χ2n) is 5.08. The van der Waals surface area contributed by atoms with Crippen LogP contribution in [-0.4, -0.2) is 0 Å². The summed E-state index contributed by atoms with van der Waals surface area (Å²) in [7, 11) is 0. The molecule has 0 aromatic heterocycles. The van der Waals surface area contributed by atoms with E-state index in [1.807, 2.05) is 0 Å². The fraction of sp³-hybridized carbons (Fsp3) is 0.0526. The molecule has 0 heterocycles. The topological polar surface area (TPSA) is 0 Å². The summed E-state index contributed by atoms with van der Waals surface area (Å²) in [4.78, 5) is 0. The Morgan fingerprint density at radius 2 is 1.37 bits per heavy atom. The fourth-order valence-electron chi connectivity index (χ4n) is 2.96. The average molecular weight is 242 g/mol. The number of rotatable bonds is 1. The number of hydrogen-bond donors (Lipinski definition) is 0. The lowest BCUT2D eigenvalue weighted by Gasteiger charge is -2.08. The van der Waals surface area contributed by atoms with Gasteiger partial charge in [-0.3, -0.25) is 0 Å². The Morgan fingerprint density at radius 1 is 0.684 bits per heavy atom. The standard InChI is InChI=1S/C19H14/c1-2-7-15-12-17(13-16(15)8-3-1)19-11-10-14-6-4-5-9-18(14)19/h1-13,19H. The van der Waals surface area contributed by atoms with Crippen LogP contribution in [0.3, 0.4) is 0 Å². The van der Waals surface area contributed by atoms with E-state index in [1.54, 1.807) is 0 Å². The molecule has 0 heteroatoms. The molecule has 4 rings (SSSR count). The molecule has 0 radical (unpaired) electrons. The molecule has 1 unspecified atom stereocenters. The smallest absolute Gasteiger partial charge is 0.0279 e. The summed E-state index contributed by atoms with van der Waals surface area (Å²) in [5, 5.41) is 0. The highest BCUT2D eigenvalue weighted by Gasteiger charge is 2.20. The van der Waals surface area contributed by atoms with Crippen LogP contribution < -0.4 is 0 Å². The Kier molecular flexibility index (Phi) is 2.28. The molecular formula is C19H14. The molecule has 0 nitrogen and oxygen atoms in total. The van der Waals surface area contributed by atoms with Crippen molar-refractivity contribution in [2.45, 2.75) is 5.92 Å². The molecule has 1 aromatic rings. The normalized spacial score (nSPS) is 16.7. The molecule has 0 spiro atoms. The Bertz CT molecular complexity index is 706. The van der Waals surface area contributed by atoms with E-state index in [2.05, 4.69) is 78.9 Å². The summed E-state index contributed by atoms with van der Waals surface area (Å²) in [6.45, 7) is 0. The van der Waals surface area contributed by atoms with E-state index in [9.17, 15) is 0 Å². The highest BCUT2D eigenvalue weighted by molar-refractivity contribution is 5.72. The van der Waals surface area contributed by atoms with E-state index in [1.165, 1.54) is 27.8 Å². The Labute approximate surface area is 113 Å². The maximum atomic E-state index is 2.31. The van der Waals surface area contributed by atoms with Gasteiger partial charge in [0.05, 0.1) is 0 Å². The van der Waals surface area contributed by atoms with Crippen molar-refractivity contribution in [1.29, 1.82) is 0 Å². The molecule has 0 N–H and O–H groups in total. The van der Waals surface area contributed by atoms with Gasteiger partial charge >= 0.3 is 0 Å². The quantitative estimate of drug-likeness (QED) is 0.566. The highest BCUT2D eigenvalue weighted by atomic mass is 14.2. The lowest BCUT2D eigenvalue weighted by molar-refractivity contribution is 1.06. The van der Waals surface area contributed by atoms with Gasteiger partial charge in [0.25, 0.3) is 0 Å². The van der Waals surface area contributed by atoms with Gasteiger partial charge in [-0.25, -0.2) is 0 Å². The summed E-state index contributed by atoms with van der Waals surface area (Å²) in [6, 6.07) is 23.9. The van der Waals surface area contributed by atoms with Crippen LogP contribution in [0.4, 0.5) is 0 Å². The van der Waals surface area contributed by atoms with Crippen molar-refractivity contribution in [2.75, 3.05) is 0 Å². The van der Waals surface area contributed by atoms with Crippen molar-refractivity contribution < 1.29 is 0 Å². The summed E-state index contributed by atoms with van der Waals surface area (Å²) >= 11 is 0. The van der Waals surface area contributed by atoms with E-state index < -0.39 is 0 Å². The number of hydrogen-bond acceptors (Lipinski definition) is 0. The first-order valence-corrected chi connectivity index (χ1v) is 6.68. The van der Waals surface area contributed by atoms with Gasteiger partial charge in [-0.1, -0.05) is 78.9 Å². The molecule has 0 saturated carbocycles. The minimum Gasteiger partial charge on any atom is -0.0720 e. The second-order valence-corrected chi connectivity index (χ2v) is 5.08. The third kappa shape index (κ3) is 1.68. The number of allylic oxidation sites excluding steroid dienone is 1. The zero-order chi connectivity index (χ0) is 12.7. The van der Waals surface area contributed by atoms with E-state index in [4.69, 9.17) is 0 Å². The zero-order valence-corrected chi connectivity index (χ0v) is 10.6. The van der Waals surface area contributed by atoms with Crippen molar-refractivity contribution >= 4 is 6.08 Å². The molecule has 19 heavy (non-hydrogen) atoms. The van der Waals surface area contributed by atoms with E-state index in [-0.39, 0.29) is 0 Å². The molecule has 0 saturated heterocycles. The summed E-state index contributed by atoms with van der Waals surface area (Å²) in [6.07, 6.45) is 4.54. The first-order valence-electron chi connectivity index (χ1n) is 6.68. The number of benzene rings is 1. The first-order chi connectivity index (χ1) is 9.42. The zero-order valence-electron chi connectivity index (χ0n) is 10.6. The van der Waals surface area contributed by atoms with Gasteiger partial charge in [-0.2, -0.15) is 0 Å². The van der Waals surface area contributed by atoms with Crippen molar-refractivity contribution in [3.05, 3.63) is 89.5 Å². The molecule has 0 amide bonds. The van der Waals surface area contributed by atoms with Crippen LogP contribution in [0.5, 0.6) is 0 Å². The second kappa shape index (κ2) is 4.10. The van der Waals surface area contributed by atoms with E-state index >= 15 is 0 Å².